The molecule has 1 N–H and O–H groups in total. The van der Waals surface area contributed by atoms with Gasteiger partial charge in [-0.3, -0.25) is 0 Å². The Morgan fingerprint density at radius 1 is 1.64 bits per heavy atom. The number of nitrogens with one attached hydrogen (secondary N) is 1. The van der Waals surface area contributed by atoms with Crippen molar-refractivity contribution in [3.8, 4) is 0 Å². The van der Waals surface area contributed by atoms with Gasteiger partial charge in [0.25, 0.3) is 0 Å². The summed E-state index contributed by atoms with van der Waals surface area (Å²) in [6.45, 7) is 0. The second-order valence-electron chi connectivity index (χ2n) is 2.91. The fourth-order valence-corrected chi connectivity index (χ4v) is 1.53. The highest BCUT2D eigenvalue weighted by Gasteiger charge is 2.52. The molecule has 0 radical (unpaired) electrons. The summed E-state index contributed by atoms with van der Waals surface area (Å²) in [6.07, 6.45) is 2.21. The lowest BCUT2D eigenvalue weighted by Gasteiger charge is -2.10. The van der Waals surface area contributed by atoms with Gasteiger partial charge in [-0.05, 0) is 12.8 Å². The zero-order chi connectivity index (χ0) is 7.84. The Bertz CT molecular complexity index is 183. The molecule has 4 heteroatoms. The van der Waals surface area contributed by atoms with Crippen LogP contribution < -0.4 is 5.32 Å². The van der Waals surface area contributed by atoms with Crippen LogP contribution in [0.3, 0.4) is 0 Å². The van der Waals surface area contributed by atoms with Crippen LogP contribution in [-0.4, -0.2) is 31.5 Å². The molecule has 2 aliphatic rings. The number of epoxide rings is 1. The number of alkyl carbamates (subject to hydrolysis) is 1. The summed E-state index contributed by atoms with van der Waals surface area (Å²) in [5.41, 5.74) is 0. The van der Waals surface area contributed by atoms with E-state index in [-0.39, 0.29) is 18.3 Å². The van der Waals surface area contributed by atoms with Gasteiger partial charge in [-0.1, -0.05) is 0 Å². The molecule has 3 atom stereocenters. The number of carbonyl (C=O) groups excluding carboxylic acids is 1. The molecule has 0 aromatic heterocycles. The molecule has 0 aromatic carbocycles. The van der Waals surface area contributed by atoms with Gasteiger partial charge in [0.2, 0.25) is 0 Å². The fraction of sp³-hybridized carbons (Fsp3) is 0.857. The lowest BCUT2D eigenvalue weighted by Crippen LogP contribution is -2.27. The molecule has 4 nitrogen and oxygen atoms in total. The zero-order valence-corrected chi connectivity index (χ0v) is 6.37. The Morgan fingerprint density at radius 3 is 2.91 bits per heavy atom. The van der Waals surface area contributed by atoms with Crippen molar-refractivity contribution in [2.75, 3.05) is 7.05 Å². The first-order valence-corrected chi connectivity index (χ1v) is 3.85. The second kappa shape index (κ2) is 2.37. The van der Waals surface area contributed by atoms with Gasteiger partial charge >= 0.3 is 6.09 Å². The molecule has 2 fully saturated rings. The second-order valence-corrected chi connectivity index (χ2v) is 2.91. The molecule has 1 aliphatic carbocycles. The molecule has 2 rings (SSSR count). The van der Waals surface area contributed by atoms with Crippen molar-refractivity contribution in [2.45, 2.75) is 31.2 Å². The maximum Gasteiger partial charge on any atom is 0.407 e. The smallest absolute Gasteiger partial charge is 0.407 e. The van der Waals surface area contributed by atoms with Crippen molar-refractivity contribution < 1.29 is 14.3 Å². The number of amides is 1. The van der Waals surface area contributed by atoms with E-state index in [4.69, 9.17) is 9.47 Å². The first kappa shape index (κ1) is 6.91. The molecule has 1 amide bonds. The molecule has 1 heterocycles. The van der Waals surface area contributed by atoms with Gasteiger partial charge in [0.1, 0.15) is 12.2 Å². The van der Waals surface area contributed by atoms with Gasteiger partial charge < -0.3 is 14.8 Å². The molecule has 0 bridgehead atoms. The Labute approximate surface area is 64.9 Å². The van der Waals surface area contributed by atoms with E-state index in [1.54, 1.807) is 7.05 Å². The largest absolute Gasteiger partial charge is 0.443 e. The van der Waals surface area contributed by atoms with Gasteiger partial charge in [-0.2, -0.15) is 0 Å². The van der Waals surface area contributed by atoms with E-state index in [1.165, 1.54) is 0 Å². The summed E-state index contributed by atoms with van der Waals surface area (Å²) < 4.78 is 10.2. The SMILES string of the molecule is CNC(=O)OC1CCC2OC12. The number of rotatable bonds is 1. The molecular weight excluding hydrogens is 146 g/mol. The first-order chi connectivity index (χ1) is 5.31. The summed E-state index contributed by atoms with van der Waals surface area (Å²) >= 11 is 0. The number of hydrogen-bond donors (Lipinski definition) is 1. The topological polar surface area (TPSA) is 50.9 Å². The predicted octanol–water partition coefficient (Wildman–Crippen LogP) is 0.272. The summed E-state index contributed by atoms with van der Waals surface area (Å²) in [5.74, 6) is 0. The molecule has 0 spiro atoms. The van der Waals surface area contributed by atoms with Gasteiger partial charge in [0, 0.05) is 7.05 Å². The molecule has 1 saturated heterocycles. The fourth-order valence-electron chi connectivity index (χ4n) is 1.53. The number of carbonyl (C=O) groups is 1. The minimum absolute atomic E-state index is 0.0000463. The lowest BCUT2D eigenvalue weighted by molar-refractivity contribution is 0.0733. The molecule has 3 unspecified atom stereocenters. The molecule has 11 heavy (non-hydrogen) atoms. The Hall–Kier alpha value is -0.770. The van der Waals surface area contributed by atoms with Crippen LogP contribution in [0.2, 0.25) is 0 Å². The number of hydrogen-bond acceptors (Lipinski definition) is 3. The Balaban J connectivity index is 1.82. The van der Waals surface area contributed by atoms with E-state index in [0.29, 0.717) is 6.10 Å². The van der Waals surface area contributed by atoms with Crippen molar-refractivity contribution in [1.82, 2.24) is 5.32 Å². The van der Waals surface area contributed by atoms with Crippen molar-refractivity contribution in [2.24, 2.45) is 0 Å². The van der Waals surface area contributed by atoms with Crippen LogP contribution >= 0.6 is 0 Å². The van der Waals surface area contributed by atoms with Crippen molar-refractivity contribution in [3.63, 3.8) is 0 Å². The normalized spacial score (nSPS) is 39.5. The van der Waals surface area contributed by atoms with Gasteiger partial charge in [-0.25, -0.2) is 4.79 Å². The first-order valence-electron chi connectivity index (χ1n) is 3.85. The summed E-state index contributed by atoms with van der Waals surface area (Å²) in [4.78, 5) is 10.7. The van der Waals surface area contributed by atoms with Gasteiger partial charge in [0.15, 0.2) is 0 Å². The van der Waals surface area contributed by atoms with E-state index in [1.807, 2.05) is 0 Å². The minimum Gasteiger partial charge on any atom is -0.443 e. The van der Waals surface area contributed by atoms with Crippen LogP contribution in [0.25, 0.3) is 0 Å². The zero-order valence-electron chi connectivity index (χ0n) is 6.37. The Kier molecular flexibility index (Phi) is 1.49. The average molecular weight is 157 g/mol. The number of fused-ring (bicyclic) bond motifs is 1. The predicted molar refractivity (Wildman–Crippen MR) is 37.2 cm³/mol. The average Bonchev–Trinajstić information content (AvgIpc) is 2.70. The highest BCUT2D eigenvalue weighted by Crippen LogP contribution is 2.40. The maximum atomic E-state index is 10.7. The van der Waals surface area contributed by atoms with Crippen LogP contribution in [0.4, 0.5) is 4.79 Å². The molecule has 62 valence electrons. The van der Waals surface area contributed by atoms with Gasteiger partial charge in [0.05, 0.1) is 6.10 Å². The van der Waals surface area contributed by atoms with Crippen molar-refractivity contribution in [1.29, 1.82) is 0 Å². The summed E-state index contributed by atoms with van der Waals surface area (Å²) in [7, 11) is 1.56. The van der Waals surface area contributed by atoms with Crippen molar-refractivity contribution in [3.05, 3.63) is 0 Å². The van der Waals surface area contributed by atoms with E-state index in [0.717, 1.165) is 12.8 Å². The van der Waals surface area contributed by atoms with E-state index in [9.17, 15) is 4.79 Å². The van der Waals surface area contributed by atoms with Crippen LogP contribution in [0.15, 0.2) is 0 Å². The quantitative estimate of drug-likeness (QED) is 0.556. The van der Waals surface area contributed by atoms with E-state index < -0.39 is 0 Å². The monoisotopic (exact) mass is 157 g/mol. The molecule has 1 saturated carbocycles. The third-order valence-corrected chi connectivity index (χ3v) is 2.19. The highest BCUT2D eigenvalue weighted by atomic mass is 16.6. The third kappa shape index (κ3) is 1.18. The standard InChI is InChI=1S/C7H11NO3/c1-8-7(9)11-5-3-2-4-6(5)10-4/h4-6H,2-3H2,1H3,(H,8,9). The molecular formula is C7H11NO3. The third-order valence-electron chi connectivity index (χ3n) is 2.19. The summed E-state index contributed by atoms with van der Waals surface area (Å²) in [5, 5.41) is 2.41. The van der Waals surface area contributed by atoms with Crippen LogP contribution in [0.5, 0.6) is 0 Å². The minimum atomic E-state index is -0.355. The molecule has 1 aliphatic heterocycles. The maximum absolute atomic E-state index is 10.7. The Morgan fingerprint density at radius 2 is 2.45 bits per heavy atom. The van der Waals surface area contributed by atoms with E-state index >= 15 is 0 Å². The van der Waals surface area contributed by atoms with Gasteiger partial charge in [-0.15, -0.1) is 0 Å². The highest BCUT2D eigenvalue weighted by molar-refractivity contribution is 5.67. The lowest BCUT2D eigenvalue weighted by atomic mass is 10.3. The van der Waals surface area contributed by atoms with Crippen LogP contribution in [0, 0.1) is 0 Å². The van der Waals surface area contributed by atoms with E-state index in [2.05, 4.69) is 5.32 Å². The number of ether oxygens (including phenoxy) is 2. The summed E-state index contributed by atoms with van der Waals surface area (Å²) in [6, 6.07) is 0. The molecule has 0 aromatic rings. The van der Waals surface area contributed by atoms with Crippen molar-refractivity contribution >= 4 is 6.09 Å². The van der Waals surface area contributed by atoms with Crippen LogP contribution in [-0.2, 0) is 9.47 Å². The van der Waals surface area contributed by atoms with Crippen LogP contribution in [0.1, 0.15) is 12.8 Å².